The van der Waals surface area contributed by atoms with Crippen LogP contribution < -0.4 is 4.74 Å². The summed E-state index contributed by atoms with van der Waals surface area (Å²) in [5.74, 6) is 0.543. The molecule has 216 valence electrons. The number of amidine groups is 1. The van der Waals surface area contributed by atoms with E-state index in [1.165, 1.54) is 21.3 Å². The van der Waals surface area contributed by atoms with Crippen molar-refractivity contribution in [2.24, 2.45) is 4.99 Å². The van der Waals surface area contributed by atoms with Gasteiger partial charge in [0.2, 0.25) is 10.0 Å². The van der Waals surface area contributed by atoms with Crippen LogP contribution in [0.2, 0.25) is 10.0 Å². The van der Waals surface area contributed by atoms with Crippen LogP contribution in [0.3, 0.4) is 0 Å². The van der Waals surface area contributed by atoms with Crippen molar-refractivity contribution in [3.8, 4) is 5.75 Å². The fourth-order valence-electron chi connectivity index (χ4n) is 5.74. The van der Waals surface area contributed by atoms with Gasteiger partial charge < -0.3 is 4.74 Å². The highest BCUT2D eigenvalue weighted by atomic mass is 35.5. The second-order valence-corrected chi connectivity index (χ2v) is 13.5. The van der Waals surface area contributed by atoms with Crippen molar-refractivity contribution in [2.45, 2.75) is 49.6 Å². The van der Waals surface area contributed by atoms with Crippen molar-refractivity contribution in [1.29, 1.82) is 0 Å². The first kappa shape index (κ1) is 29.9. The van der Waals surface area contributed by atoms with E-state index in [0.717, 1.165) is 24.0 Å². The number of rotatable bonds is 7. The smallest absolute Gasteiger partial charge is 0.322 e. The molecule has 2 aliphatic heterocycles. The number of hydrogen-bond donors (Lipinski definition) is 0. The molecular formula is C30H30Cl3N3O4S. The Labute approximate surface area is 255 Å². The van der Waals surface area contributed by atoms with Crippen molar-refractivity contribution < 1.29 is 17.9 Å². The molecule has 2 atom stereocenters. The molecule has 0 saturated carbocycles. The highest BCUT2D eigenvalue weighted by Crippen LogP contribution is 2.54. The van der Waals surface area contributed by atoms with E-state index in [2.05, 4.69) is 0 Å². The quantitative estimate of drug-likeness (QED) is 0.200. The molecule has 0 bridgehead atoms. The van der Waals surface area contributed by atoms with Gasteiger partial charge in [-0.1, -0.05) is 47.5 Å². The van der Waals surface area contributed by atoms with Gasteiger partial charge in [0, 0.05) is 29.2 Å². The number of sulfonamides is 1. The lowest BCUT2D eigenvalue weighted by atomic mass is 9.71. The first-order valence-electron chi connectivity index (χ1n) is 13.3. The van der Waals surface area contributed by atoms with Gasteiger partial charge in [-0.3, -0.25) is 14.7 Å². The first-order valence-corrected chi connectivity index (χ1v) is 15.9. The van der Waals surface area contributed by atoms with Gasteiger partial charge >= 0.3 is 5.37 Å². The zero-order valence-corrected chi connectivity index (χ0v) is 26.0. The molecule has 0 radical (unpaired) electrons. The molecule has 7 nitrogen and oxygen atoms in total. The van der Waals surface area contributed by atoms with E-state index in [1.54, 1.807) is 30.3 Å². The van der Waals surface area contributed by atoms with Crippen LogP contribution in [0.5, 0.6) is 5.75 Å². The van der Waals surface area contributed by atoms with Crippen molar-refractivity contribution in [3.63, 3.8) is 0 Å². The molecule has 3 aromatic carbocycles. The molecule has 5 rings (SSSR count). The normalized spacial score (nSPS) is 23.1. The third-order valence-corrected chi connectivity index (χ3v) is 10.7. The van der Waals surface area contributed by atoms with Gasteiger partial charge in [0.15, 0.2) is 0 Å². The first-order chi connectivity index (χ1) is 19.4. The van der Waals surface area contributed by atoms with E-state index in [0.29, 0.717) is 28.7 Å². The van der Waals surface area contributed by atoms with Gasteiger partial charge in [-0.25, -0.2) is 8.42 Å². The van der Waals surface area contributed by atoms with Gasteiger partial charge in [-0.2, -0.15) is 4.31 Å². The molecule has 0 spiro atoms. The van der Waals surface area contributed by atoms with Crippen LogP contribution in [0.4, 0.5) is 4.79 Å². The second-order valence-electron chi connectivity index (χ2n) is 10.4. The van der Waals surface area contributed by atoms with E-state index >= 15 is 0 Å². The molecule has 3 aromatic rings. The molecule has 1 saturated heterocycles. The monoisotopic (exact) mass is 633 g/mol. The number of carbonyl (C=O) groups is 1. The number of benzene rings is 3. The van der Waals surface area contributed by atoms with Gasteiger partial charge in [-0.15, -0.1) is 0 Å². The Bertz CT molecular complexity index is 1610. The maximum absolute atomic E-state index is 13.4. The summed E-state index contributed by atoms with van der Waals surface area (Å²) in [7, 11) is -3.71. The summed E-state index contributed by atoms with van der Waals surface area (Å²) >= 11 is 18.8. The van der Waals surface area contributed by atoms with E-state index in [-0.39, 0.29) is 23.1 Å². The number of aliphatic imine (C=N–C) groups is 1. The Morgan fingerprint density at radius 2 is 1.49 bits per heavy atom. The molecule has 1 fully saturated rings. The third kappa shape index (κ3) is 5.04. The Morgan fingerprint density at radius 1 is 0.927 bits per heavy atom. The SMILES string of the molecule is CCOc1cc(S(=O)(=O)N2CCCC2)ccc1C1=NC(C)(c2ccc(Cl)cc2)C(C)(c2ccc(Cl)cc2)N1C(=O)Cl. The largest absolute Gasteiger partial charge is 0.493 e. The van der Waals surface area contributed by atoms with Crippen LogP contribution in [0.15, 0.2) is 76.6 Å². The van der Waals surface area contributed by atoms with Crippen LogP contribution in [0, 0.1) is 0 Å². The Morgan fingerprint density at radius 3 is 2.02 bits per heavy atom. The van der Waals surface area contributed by atoms with E-state index < -0.39 is 26.5 Å². The van der Waals surface area contributed by atoms with Gasteiger partial charge in [0.1, 0.15) is 22.7 Å². The molecular weight excluding hydrogens is 605 g/mol. The van der Waals surface area contributed by atoms with Crippen molar-refractivity contribution in [3.05, 3.63) is 93.5 Å². The minimum absolute atomic E-state index is 0.120. The molecule has 1 amide bonds. The molecule has 41 heavy (non-hydrogen) atoms. The van der Waals surface area contributed by atoms with E-state index in [4.69, 9.17) is 44.5 Å². The average Bonchev–Trinajstić information content (AvgIpc) is 3.57. The van der Waals surface area contributed by atoms with Crippen LogP contribution in [0.25, 0.3) is 0 Å². The molecule has 11 heteroatoms. The summed E-state index contributed by atoms with van der Waals surface area (Å²) in [6, 6.07) is 19.1. The summed E-state index contributed by atoms with van der Waals surface area (Å²) in [5, 5.41) is 0.350. The maximum Gasteiger partial charge on any atom is 0.322 e. The highest BCUT2D eigenvalue weighted by Gasteiger charge is 2.59. The minimum Gasteiger partial charge on any atom is -0.493 e. The molecule has 2 unspecified atom stereocenters. The summed E-state index contributed by atoms with van der Waals surface area (Å²) in [4.78, 5) is 20.1. The minimum atomic E-state index is -3.71. The zero-order chi connectivity index (χ0) is 29.6. The topological polar surface area (TPSA) is 79.3 Å². The number of nitrogens with zero attached hydrogens (tertiary/aromatic N) is 3. The number of amides is 1. The third-order valence-electron chi connectivity index (χ3n) is 8.12. The number of carbonyl (C=O) groups excluding carboxylic acids is 1. The highest BCUT2D eigenvalue weighted by molar-refractivity contribution is 7.89. The molecule has 0 aliphatic carbocycles. The lowest BCUT2D eigenvalue weighted by Crippen LogP contribution is -2.53. The van der Waals surface area contributed by atoms with Crippen molar-refractivity contribution in [1.82, 2.24) is 9.21 Å². The fourth-order valence-corrected chi connectivity index (χ4v) is 7.78. The van der Waals surface area contributed by atoms with Crippen molar-refractivity contribution >= 4 is 56.0 Å². The molecule has 0 N–H and O–H groups in total. The predicted molar refractivity (Wildman–Crippen MR) is 163 cm³/mol. The Hall–Kier alpha value is -2.62. The van der Waals surface area contributed by atoms with Crippen molar-refractivity contribution in [2.75, 3.05) is 19.7 Å². The van der Waals surface area contributed by atoms with E-state index in [9.17, 15) is 13.2 Å². The summed E-state index contributed by atoms with van der Waals surface area (Å²) in [6.07, 6.45) is 1.65. The van der Waals surface area contributed by atoms with Gasteiger partial charge in [0.25, 0.3) is 0 Å². The van der Waals surface area contributed by atoms with Crippen LogP contribution in [0.1, 0.15) is 50.3 Å². The lowest BCUT2D eigenvalue weighted by molar-refractivity contribution is 0.149. The Balaban J connectivity index is 1.74. The van der Waals surface area contributed by atoms with Gasteiger partial charge in [0.05, 0.1) is 17.1 Å². The lowest BCUT2D eigenvalue weighted by Gasteiger charge is -2.44. The van der Waals surface area contributed by atoms with Gasteiger partial charge in [-0.05, 0) is 92.7 Å². The standard InChI is InChI=1S/C30H30Cl3N3O4S/c1-4-40-26-19-24(41(38,39)35-17-5-6-18-35)15-16-25(26)27-34-29(2,20-7-11-22(31)12-8-20)30(3,36(27)28(33)37)21-9-13-23(32)14-10-21/h7-16,19H,4-6,17-18H2,1-3H3. The van der Waals surface area contributed by atoms with Crippen LogP contribution in [-0.4, -0.2) is 48.5 Å². The molecule has 2 aliphatic rings. The predicted octanol–water partition coefficient (Wildman–Crippen LogP) is 7.43. The summed E-state index contributed by atoms with van der Waals surface area (Å²) < 4.78 is 34.2. The average molecular weight is 635 g/mol. The fraction of sp³-hybridized carbons (Fsp3) is 0.333. The summed E-state index contributed by atoms with van der Waals surface area (Å²) in [6.45, 7) is 6.86. The molecule has 0 aromatic heterocycles. The maximum atomic E-state index is 13.4. The van der Waals surface area contributed by atoms with Crippen LogP contribution in [-0.2, 0) is 21.1 Å². The Kier molecular flexibility index (Phi) is 8.18. The van der Waals surface area contributed by atoms with E-state index in [1.807, 2.05) is 45.0 Å². The summed E-state index contributed by atoms with van der Waals surface area (Å²) in [5.41, 5.74) is -0.181. The van der Waals surface area contributed by atoms with Crippen LogP contribution >= 0.6 is 34.8 Å². The molecule has 2 heterocycles. The zero-order valence-electron chi connectivity index (χ0n) is 22.9. The second kappa shape index (κ2) is 11.2. The number of ether oxygens (including phenoxy) is 1. The number of hydrogen-bond acceptors (Lipinski definition) is 5. The number of halogens is 3.